The Bertz CT molecular complexity index is 300. The maximum absolute atomic E-state index is 9.02. The Balaban J connectivity index is 3.00. The minimum Gasteiger partial charge on any atom is -0.481 e. The standard InChI is InChI=1S/C9H12N2O2/c1-10-4-8-5-11-9(13-2)3-7(8)6-12/h3,5,12H,1,4,6H2,2H3. The van der Waals surface area contributed by atoms with Gasteiger partial charge >= 0.3 is 0 Å². The van der Waals surface area contributed by atoms with Gasteiger partial charge in [-0.15, -0.1) is 0 Å². The third kappa shape index (κ3) is 2.26. The summed E-state index contributed by atoms with van der Waals surface area (Å²) in [6, 6.07) is 1.69. The maximum Gasteiger partial charge on any atom is 0.213 e. The molecule has 0 radical (unpaired) electrons. The van der Waals surface area contributed by atoms with E-state index in [4.69, 9.17) is 9.84 Å². The first-order valence-corrected chi connectivity index (χ1v) is 3.87. The number of pyridine rings is 1. The molecule has 13 heavy (non-hydrogen) atoms. The number of aliphatic hydroxyl groups is 1. The molecule has 0 saturated heterocycles. The topological polar surface area (TPSA) is 54.7 Å². The van der Waals surface area contributed by atoms with Gasteiger partial charge in [0.05, 0.1) is 20.3 Å². The molecule has 1 aromatic rings. The van der Waals surface area contributed by atoms with Crippen LogP contribution in [0, 0.1) is 0 Å². The van der Waals surface area contributed by atoms with Gasteiger partial charge in [0, 0.05) is 12.3 Å². The molecule has 0 unspecified atom stereocenters. The van der Waals surface area contributed by atoms with Crippen LogP contribution in [-0.4, -0.2) is 23.9 Å². The first-order valence-electron chi connectivity index (χ1n) is 3.87. The number of aliphatic hydroxyl groups excluding tert-OH is 1. The Labute approximate surface area is 76.9 Å². The summed E-state index contributed by atoms with van der Waals surface area (Å²) < 4.78 is 4.92. The van der Waals surface area contributed by atoms with Crippen molar-refractivity contribution in [2.45, 2.75) is 13.2 Å². The van der Waals surface area contributed by atoms with E-state index in [1.807, 2.05) is 0 Å². The fourth-order valence-electron chi connectivity index (χ4n) is 1.03. The molecule has 0 amide bonds. The highest BCUT2D eigenvalue weighted by Crippen LogP contribution is 2.14. The van der Waals surface area contributed by atoms with Crippen molar-refractivity contribution in [1.29, 1.82) is 0 Å². The second-order valence-corrected chi connectivity index (χ2v) is 2.54. The zero-order valence-corrected chi connectivity index (χ0v) is 7.53. The van der Waals surface area contributed by atoms with E-state index in [1.165, 1.54) is 7.11 Å². The molecule has 70 valence electrons. The number of hydrogen-bond donors (Lipinski definition) is 1. The van der Waals surface area contributed by atoms with E-state index in [1.54, 1.807) is 12.3 Å². The molecule has 4 heteroatoms. The van der Waals surface area contributed by atoms with E-state index in [0.717, 1.165) is 11.1 Å². The van der Waals surface area contributed by atoms with Gasteiger partial charge in [-0.2, -0.15) is 0 Å². The monoisotopic (exact) mass is 180 g/mol. The summed E-state index contributed by atoms with van der Waals surface area (Å²) in [5.74, 6) is 0.497. The van der Waals surface area contributed by atoms with Crippen molar-refractivity contribution in [2.75, 3.05) is 7.11 Å². The molecule has 1 heterocycles. The fraction of sp³-hybridized carbons (Fsp3) is 0.333. The molecule has 1 aromatic heterocycles. The van der Waals surface area contributed by atoms with Gasteiger partial charge in [-0.05, 0) is 17.8 Å². The normalized spacial score (nSPS) is 9.69. The highest BCUT2D eigenvalue weighted by atomic mass is 16.5. The minimum absolute atomic E-state index is 0.0380. The smallest absolute Gasteiger partial charge is 0.213 e. The van der Waals surface area contributed by atoms with Crippen molar-refractivity contribution in [3.8, 4) is 5.88 Å². The van der Waals surface area contributed by atoms with Crippen LogP contribution >= 0.6 is 0 Å². The van der Waals surface area contributed by atoms with E-state index < -0.39 is 0 Å². The van der Waals surface area contributed by atoms with Crippen LogP contribution in [0.2, 0.25) is 0 Å². The maximum atomic E-state index is 9.02. The molecule has 0 aliphatic rings. The number of nitrogens with zero attached hydrogens (tertiary/aromatic N) is 2. The summed E-state index contributed by atoms with van der Waals surface area (Å²) in [4.78, 5) is 7.73. The molecular weight excluding hydrogens is 168 g/mol. The van der Waals surface area contributed by atoms with Gasteiger partial charge < -0.3 is 9.84 Å². The van der Waals surface area contributed by atoms with Gasteiger partial charge in [0.25, 0.3) is 0 Å². The molecule has 0 aromatic carbocycles. The zero-order chi connectivity index (χ0) is 9.68. The summed E-state index contributed by atoms with van der Waals surface area (Å²) in [5, 5.41) is 9.02. The summed E-state index contributed by atoms with van der Waals surface area (Å²) in [6.07, 6.45) is 1.64. The highest BCUT2D eigenvalue weighted by Gasteiger charge is 2.03. The van der Waals surface area contributed by atoms with Crippen LogP contribution in [0.5, 0.6) is 5.88 Å². The number of methoxy groups -OCH3 is 1. The number of rotatable bonds is 4. The van der Waals surface area contributed by atoms with Crippen LogP contribution < -0.4 is 4.74 Å². The first-order chi connectivity index (χ1) is 6.31. The van der Waals surface area contributed by atoms with Crippen LogP contribution in [-0.2, 0) is 13.2 Å². The molecule has 0 fully saturated rings. The summed E-state index contributed by atoms with van der Waals surface area (Å²) in [5.41, 5.74) is 1.65. The third-order valence-electron chi connectivity index (χ3n) is 1.72. The van der Waals surface area contributed by atoms with E-state index in [9.17, 15) is 0 Å². The summed E-state index contributed by atoms with van der Waals surface area (Å²) in [6.45, 7) is 3.81. The molecule has 4 nitrogen and oxygen atoms in total. The third-order valence-corrected chi connectivity index (χ3v) is 1.72. The second-order valence-electron chi connectivity index (χ2n) is 2.54. The predicted octanol–water partition coefficient (Wildman–Crippen LogP) is 0.783. The van der Waals surface area contributed by atoms with Crippen LogP contribution in [0.4, 0.5) is 0 Å². The molecule has 1 rings (SSSR count). The zero-order valence-electron chi connectivity index (χ0n) is 7.53. The first kappa shape index (κ1) is 9.67. The Hall–Kier alpha value is -1.42. The lowest BCUT2D eigenvalue weighted by atomic mass is 10.1. The molecule has 1 N–H and O–H groups in total. The molecule has 0 bridgehead atoms. The predicted molar refractivity (Wildman–Crippen MR) is 50.0 cm³/mol. The van der Waals surface area contributed by atoms with Gasteiger partial charge in [-0.25, -0.2) is 4.98 Å². The Morgan fingerprint density at radius 1 is 1.62 bits per heavy atom. The minimum atomic E-state index is -0.0380. The van der Waals surface area contributed by atoms with E-state index in [-0.39, 0.29) is 6.61 Å². The lowest BCUT2D eigenvalue weighted by molar-refractivity contribution is 0.279. The summed E-state index contributed by atoms with van der Waals surface area (Å²) >= 11 is 0. The van der Waals surface area contributed by atoms with Crippen molar-refractivity contribution >= 4 is 6.72 Å². The molecule has 0 atom stereocenters. The molecular formula is C9H12N2O2. The van der Waals surface area contributed by atoms with Gasteiger partial charge in [-0.3, -0.25) is 4.99 Å². The average Bonchev–Trinajstić information content (AvgIpc) is 2.19. The number of ether oxygens (including phenoxy) is 1. The number of hydrogen-bond acceptors (Lipinski definition) is 4. The van der Waals surface area contributed by atoms with Crippen molar-refractivity contribution in [1.82, 2.24) is 4.98 Å². The highest BCUT2D eigenvalue weighted by molar-refractivity contribution is 5.31. The van der Waals surface area contributed by atoms with Crippen molar-refractivity contribution in [3.05, 3.63) is 23.4 Å². The molecule has 0 aliphatic heterocycles. The Morgan fingerprint density at radius 2 is 2.38 bits per heavy atom. The lowest BCUT2D eigenvalue weighted by Crippen LogP contribution is -1.96. The van der Waals surface area contributed by atoms with Gasteiger partial charge in [0.1, 0.15) is 0 Å². The Morgan fingerprint density at radius 3 is 2.92 bits per heavy atom. The largest absolute Gasteiger partial charge is 0.481 e. The van der Waals surface area contributed by atoms with Crippen LogP contribution in [0.3, 0.4) is 0 Å². The lowest BCUT2D eigenvalue weighted by Gasteiger charge is -2.05. The molecule has 0 spiro atoms. The summed E-state index contributed by atoms with van der Waals surface area (Å²) in [7, 11) is 1.54. The van der Waals surface area contributed by atoms with E-state index in [0.29, 0.717) is 12.4 Å². The van der Waals surface area contributed by atoms with Crippen molar-refractivity contribution < 1.29 is 9.84 Å². The van der Waals surface area contributed by atoms with Gasteiger partial charge in [0.2, 0.25) is 5.88 Å². The van der Waals surface area contributed by atoms with E-state index >= 15 is 0 Å². The molecule has 0 aliphatic carbocycles. The van der Waals surface area contributed by atoms with Crippen molar-refractivity contribution in [3.63, 3.8) is 0 Å². The average molecular weight is 180 g/mol. The van der Waals surface area contributed by atoms with Gasteiger partial charge in [0.15, 0.2) is 0 Å². The van der Waals surface area contributed by atoms with Gasteiger partial charge in [-0.1, -0.05) is 0 Å². The SMILES string of the molecule is C=NCc1cnc(OC)cc1CO. The quantitative estimate of drug-likeness (QED) is 0.697. The molecule has 0 saturated carbocycles. The van der Waals surface area contributed by atoms with Crippen LogP contribution in [0.15, 0.2) is 17.3 Å². The van der Waals surface area contributed by atoms with E-state index in [2.05, 4.69) is 16.7 Å². The fourth-order valence-corrected chi connectivity index (χ4v) is 1.03. The Kier molecular flexibility index (Phi) is 3.40. The number of aromatic nitrogens is 1. The van der Waals surface area contributed by atoms with Crippen LogP contribution in [0.25, 0.3) is 0 Å². The van der Waals surface area contributed by atoms with Crippen molar-refractivity contribution in [2.24, 2.45) is 4.99 Å². The second kappa shape index (κ2) is 4.57. The van der Waals surface area contributed by atoms with Crippen LogP contribution in [0.1, 0.15) is 11.1 Å². The number of aliphatic imine (C=N–C) groups is 1.